The SMILES string of the molecule is COc1cc(C(N)CCC(C)C)cc(Cl)c1OC. The van der Waals surface area contributed by atoms with Gasteiger partial charge in [0.05, 0.1) is 19.2 Å². The van der Waals surface area contributed by atoms with Crippen LogP contribution >= 0.6 is 11.6 Å². The summed E-state index contributed by atoms with van der Waals surface area (Å²) in [4.78, 5) is 0. The van der Waals surface area contributed by atoms with Gasteiger partial charge in [0.2, 0.25) is 0 Å². The molecule has 18 heavy (non-hydrogen) atoms. The zero-order chi connectivity index (χ0) is 13.7. The monoisotopic (exact) mass is 271 g/mol. The average molecular weight is 272 g/mol. The maximum atomic E-state index is 6.17. The Labute approximate surface area is 114 Å². The first-order valence-electron chi connectivity index (χ1n) is 6.16. The van der Waals surface area contributed by atoms with Crippen molar-refractivity contribution in [2.45, 2.75) is 32.7 Å². The minimum absolute atomic E-state index is 0.0234. The third-order valence-electron chi connectivity index (χ3n) is 2.94. The molecule has 1 unspecified atom stereocenters. The Morgan fingerprint density at radius 3 is 2.33 bits per heavy atom. The molecule has 1 aromatic rings. The fraction of sp³-hybridized carbons (Fsp3) is 0.571. The molecule has 0 spiro atoms. The van der Waals surface area contributed by atoms with Crippen molar-refractivity contribution in [1.29, 1.82) is 0 Å². The van der Waals surface area contributed by atoms with E-state index >= 15 is 0 Å². The summed E-state index contributed by atoms with van der Waals surface area (Å²) in [5, 5.41) is 0.534. The molecule has 102 valence electrons. The van der Waals surface area contributed by atoms with Crippen molar-refractivity contribution in [3.63, 3.8) is 0 Å². The molecule has 0 aliphatic carbocycles. The maximum Gasteiger partial charge on any atom is 0.179 e. The van der Waals surface area contributed by atoms with Gasteiger partial charge in [-0.25, -0.2) is 0 Å². The normalized spacial score (nSPS) is 12.6. The van der Waals surface area contributed by atoms with Crippen molar-refractivity contribution >= 4 is 11.6 Å². The Hall–Kier alpha value is -0.930. The van der Waals surface area contributed by atoms with Crippen LogP contribution in [0.3, 0.4) is 0 Å². The van der Waals surface area contributed by atoms with Crippen molar-refractivity contribution in [2.24, 2.45) is 11.7 Å². The molecule has 0 radical (unpaired) electrons. The summed E-state index contributed by atoms with van der Waals surface area (Å²) in [6.45, 7) is 4.38. The number of rotatable bonds is 6. The lowest BCUT2D eigenvalue weighted by Gasteiger charge is -2.17. The van der Waals surface area contributed by atoms with Crippen LogP contribution < -0.4 is 15.2 Å². The number of nitrogens with two attached hydrogens (primary N) is 1. The van der Waals surface area contributed by atoms with E-state index in [1.54, 1.807) is 14.2 Å². The van der Waals surface area contributed by atoms with E-state index in [1.807, 2.05) is 12.1 Å². The van der Waals surface area contributed by atoms with Crippen molar-refractivity contribution in [3.8, 4) is 11.5 Å². The van der Waals surface area contributed by atoms with Gasteiger partial charge < -0.3 is 15.2 Å². The molecule has 1 rings (SSSR count). The highest BCUT2D eigenvalue weighted by molar-refractivity contribution is 6.32. The van der Waals surface area contributed by atoms with Gasteiger partial charge in [-0.3, -0.25) is 0 Å². The van der Waals surface area contributed by atoms with E-state index in [1.165, 1.54) is 0 Å². The van der Waals surface area contributed by atoms with E-state index in [0.29, 0.717) is 22.4 Å². The molecular formula is C14H22ClNO2. The third kappa shape index (κ3) is 3.79. The van der Waals surface area contributed by atoms with Gasteiger partial charge in [0, 0.05) is 6.04 Å². The summed E-state index contributed by atoms with van der Waals surface area (Å²) in [6.07, 6.45) is 2.02. The van der Waals surface area contributed by atoms with E-state index in [9.17, 15) is 0 Å². The number of methoxy groups -OCH3 is 2. The summed E-state index contributed by atoms with van der Waals surface area (Å²) in [6, 6.07) is 3.73. The Morgan fingerprint density at radius 2 is 1.83 bits per heavy atom. The van der Waals surface area contributed by atoms with Crippen molar-refractivity contribution < 1.29 is 9.47 Å². The predicted molar refractivity (Wildman–Crippen MR) is 75.6 cm³/mol. The molecule has 1 aromatic carbocycles. The van der Waals surface area contributed by atoms with Crippen LogP contribution in [0.15, 0.2) is 12.1 Å². The van der Waals surface area contributed by atoms with Crippen molar-refractivity contribution in [1.82, 2.24) is 0 Å². The molecule has 4 heteroatoms. The average Bonchev–Trinajstić information content (AvgIpc) is 2.34. The number of halogens is 1. The van der Waals surface area contributed by atoms with Crippen molar-refractivity contribution in [2.75, 3.05) is 14.2 Å². The highest BCUT2D eigenvalue weighted by atomic mass is 35.5. The Morgan fingerprint density at radius 1 is 1.17 bits per heavy atom. The van der Waals surface area contributed by atoms with Gasteiger partial charge in [0.25, 0.3) is 0 Å². The van der Waals surface area contributed by atoms with Gasteiger partial charge in [0.15, 0.2) is 11.5 Å². The topological polar surface area (TPSA) is 44.5 Å². The molecule has 0 aromatic heterocycles. The van der Waals surface area contributed by atoms with Crippen LogP contribution in [-0.2, 0) is 0 Å². The smallest absolute Gasteiger partial charge is 0.179 e. The molecule has 2 N–H and O–H groups in total. The number of ether oxygens (including phenoxy) is 2. The lowest BCUT2D eigenvalue weighted by Crippen LogP contribution is -2.11. The standard InChI is InChI=1S/C14H22ClNO2/c1-9(2)5-6-12(16)10-7-11(15)14(18-4)13(8-10)17-3/h7-9,12H,5-6,16H2,1-4H3. The van der Waals surface area contributed by atoms with Crippen LogP contribution in [0.2, 0.25) is 5.02 Å². The fourth-order valence-electron chi connectivity index (χ4n) is 1.83. The molecule has 1 atom stereocenters. The van der Waals surface area contributed by atoms with Crippen LogP contribution in [0, 0.1) is 5.92 Å². The zero-order valence-electron chi connectivity index (χ0n) is 11.5. The van der Waals surface area contributed by atoms with E-state index in [0.717, 1.165) is 18.4 Å². The highest BCUT2D eigenvalue weighted by Crippen LogP contribution is 2.37. The molecular weight excluding hydrogens is 250 g/mol. The molecule has 0 aliphatic rings. The summed E-state index contributed by atoms with van der Waals surface area (Å²) >= 11 is 6.16. The fourth-order valence-corrected chi connectivity index (χ4v) is 2.13. The first kappa shape index (κ1) is 15.1. The first-order chi connectivity index (χ1) is 8.49. The lowest BCUT2D eigenvalue weighted by molar-refractivity contribution is 0.354. The number of benzene rings is 1. The molecule has 0 bridgehead atoms. The predicted octanol–water partition coefficient (Wildman–Crippen LogP) is 3.79. The largest absolute Gasteiger partial charge is 0.493 e. The minimum atomic E-state index is -0.0234. The lowest BCUT2D eigenvalue weighted by atomic mass is 9.98. The highest BCUT2D eigenvalue weighted by Gasteiger charge is 2.15. The minimum Gasteiger partial charge on any atom is -0.493 e. The van der Waals surface area contributed by atoms with Crippen LogP contribution in [0.4, 0.5) is 0 Å². The van der Waals surface area contributed by atoms with E-state index in [2.05, 4.69) is 13.8 Å². The summed E-state index contributed by atoms with van der Waals surface area (Å²) in [7, 11) is 3.17. The van der Waals surface area contributed by atoms with Gasteiger partial charge in [-0.15, -0.1) is 0 Å². The summed E-state index contributed by atoms with van der Waals surface area (Å²) in [5.41, 5.74) is 7.16. The van der Waals surface area contributed by atoms with Crippen LogP contribution in [0.1, 0.15) is 38.3 Å². The van der Waals surface area contributed by atoms with Crippen molar-refractivity contribution in [3.05, 3.63) is 22.7 Å². The molecule has 3 nitrogen and oxygen atoms in total. The second kappa shape index (κ2) is 6.86. The molecule has 0 amide bonds. The summed E-state index contributed by atoms with van der Waals surface area (Å²) < 4.78 is 10.5. The second-order valence-electron chi connectivity index (χ2n) is 4.82. The van der Waals surface area contributed by atoms with E-state index in [4.69, 9.17) is 26.8 Å². The Kier molecular flexibility index (Phi) is 5.76. The molecule has 0 aliphatic heterocycles. The molecule has 0 saturated carbocycles. The first-order valence-corrected chi connectivity index (χ1v) is 6.54. The quantitative estimate of drug-likeness (QED) is 0.856. The van der Waals surface area contributed by atoms with Gasteiger partial charge in [-0.1, -0.05) is 25.4 Å². The van der Waals surface area contributed by atoms with Crippen LogP contribution in [0.5, 0.6) is 11.5 Å². The van der Waals surface area contributed by atoms with Crippen LogP contribution in [0.25, 0.3) is 0 Å². The summed E-state index contributed by atoms with van der Waals surface area (Å²) in [5.74, 6) is 1.82. The van der Waals surface area contributed by atoms with Crippen LogP contribution in [-0.4, -0.2) is 14.2 Å². The molecule has 0 saturated heterocycles. The molecule has 0 heterocycles. The Bertz CT molecular complexity index is 394. The number of hydrogen-bond acceptors (Lipinski definition) is 3. The van der Waals surface area contributed by atoms with Gasteiger partial charge >= 0.3 is 0 Å². The number of hydrogen-bond donors (Lipinski definition) is 1. The van der Waals surface area contributed by atoms with E-state index in [-0.39, 0.29) is 6.04 Å². The van der Waals surface area contributed by atoms with E-state index < -0.39 is 0 Å². The Balaban J connectivity index is 2.93. The second-order valence-corrected chi connectivity index (χ2v) is 5.22. The van der Waals surface area contributed by atoms with Gasteiger partial charge in [-0.2, -0.15) is 0 Å². The third-order valence-corrected chi connectivity index (χ3v) is 3.22. The molecule has 0 fully saturated rings. The van der Waals surface area contributed by atoms with Gasteiger partial charge in [-0.05, 0) is 36.5 Å². The maximum absolute atomic E-state index is 6.17. The van der Waals surface area contributed by atoms with Gasteiger partial charge in [0.1, 0.15) is 0 Å². The zero-order valence-corrected chi connectivity index (χ0v) is 12.3.